The summed E-state index contributed by atoms with van der Waals surface area (Å²) < 4.78 is 2.41. The van der Waals surface area contributed by atoms with Crippen LogP contribution in [-0.2, 0) is 0 Å². The van der Waals surface area contributed by atoms with Gasteiger partial charge in [0.1, 0.15) is 0 Å². The van der Waals surface area contributed by atoms with Gasteiger partial charge in [-0.05, 0) is 75.1 Å². The lowest BCUT2D eigenvalue weighted by Crippen LogP contribution is -2.14. The molecule has 0 aliphatic heterocycles. The molecule has 1 atom stereocenters. The molecular formula is C13H13BrINS. The molecule has 0 amide bonds. The fourth-order valence-electron chi connectivity index (χ4n) is 1.85. The van der Waals surface area contributed by atoms with Gasteiger partial charge < -0.3 is 5.73 Å². The van der Waals surface area contributed by atoms with E-state index in [1.807, 2.05) is 0 Å². The molecule has 90 valence electrons. The predicted molar refractivity (Wildman–Crippen MR) is 86.7 cm³/mol. The second-order valence-electron chi connectivity index (χ2n) is 4.02. The van der Waals surface area contributed by atoms with Crippen molar-refractivity contribution < 1.29 is 0 Å². The molecule has 1 unspecified atom stereocenters. The molecule has 2 N–H and O–H groups in total. The first-order valence-electron chi connectivity index (χ1n) is 5.27. The van der Waals surface area contributed by atoms with E-state index >= 15 is 0 Å². The Morgan fingerprint density at radius 1 is 1.29 bits per heavy atom. The van der Waals surface area contributed by atoms with E-state index in [0.717, 1.165) is 3.79 Å². The van der Waals surface area contributed by atoms with Crippen molar-refractivity contribution in [2.24, 2.45) is 5.73 Å². The van der Waals surface area contributed by atoms with Gasteiger partial charge in [0.25, 0.3) is 0 Å². The van der Waals surface area contributed by atoms with Crippen LogP contribution in [0.15, 0.2) is 28.1 Å². The number of hydrogen-bond donors (Lipinski definition) is 1. The maximum atomic E-state index is 6.38. The van der Waals surface area contributed by atoms with Gasteiger partial charge >= 0.3 is 0 Å². The van der Waals surface area contributed by atoms with Gasteiger partial charge in [-0.1, -0.05) is 18.2 Å². The van der Waals surface area contributed by atoms with Gasteiger partial charge in [-0.15, -0.1) is 11.3 Å². The number of nitrogens with two attached hydrogens (primary N) is 1. The van der Waals surface area contributed by atoms with Crippen molar-refractivity contribution in [3.63, 3.8) is 0 Å². The van der Waals surface area contributed by atoms with Gasteiger partial charge in [-0.25, -0.2) is 0 Å². The molecular weight excluding hydrogens is 409 g/mol. The van der Waals surface area contributed by atoms with E-state index in [9.17, 15) is 0 Å². The fourth-order valence-corrected chi connectivity index (χ4v) is 4.30. The summed E-state index contributed by atoms with van der Waals surface area (Å²) in [6.45, 7) is 4.24. The Morgan fingerprint density at radius 2 is 2.00 bits per heavy atom. The summed E-state index contributed by atoms with van der Waals surface area (Å²) in [4.78, 5) is 1.28. The topological polar surface area (TPSA) is 26.0 Å². The third-order valence-electron chi connectivity index (χ3n) is 2.82. The number of aryl methyl sites for hydroxylation is 2. The van der Waals surface area contributed by atoms with Crippen LogP contribution < -0.4 is 5.73 Å². The van der Waals surface area contributed by atoms with E-state index in [0.29, 0.717) is 0 Å². The SMILES string of the molecule is Cc1cccc(C(N)c2cc(Br)sc2C)c1I. The molecule has 0 radical (unpaired) electrons. The minimum Gasteiger partial charge on any atom is -0.320 e. The zero-order valence-electron chi connectivity index (χ0n) is 9.63. The highest BCUT2D eigenvalue weighted by Crippen LogP contribution is 2.34. The number of benzene rings is 1. The molecule has 1 aromatic carbocycles. The molecule has 4 heteroatoms. The van der Waals surface area contributed by atoms with E-state index in [4.69, 9.17) is 5.73 Å². The molecule has 0 aliphatic rings. The van der Waals surface area contributed by atoms with E-state index in [-0.39, 0.29) is 6.04 Å². The van der Waals surface area contributed by atoms with Crippen molar-refractivity contribution in [1.29, 1.82) is 0 Å². The Bertz CT molecular complexity index is 550. The zero-order valence-corrected chi connectivity index (χ0v) is 14.2. The van der Waals surface area contributed by atoms with E-state index in [2.05, 4.69) is 76.6 Å². The van der Waals surface area contributed by atoms with E-state index < -0.39 is 0 Å². The maximum absolute atomic E-state index is 6.38. The average Bonchev–Trinajstić information content (AvgIpc) is 2.61. The molecule has 0 saturated heterocycles. The molecule has 0 saturated carbocycles. The van der Waals surface area contributed by atoms with Crippen molar-refractivity contribution >= 4 is 49.9 Å². The summed E-state index contributed by atoms with van der Waals surface area (Å²) in [5.74, 6) is 0. The van der Waals surface area contributed by atoms with Gasteiger partial charge in [0.2, 0.25) is 0 Å². The quantitative estimate of drug-likeness (QED) is 0.693. The third kappa shape index (κ3) is 2.75. The number of rotatable bonds is 2. The molecule has 0 spiro atoms. The molecule has 1 aromatic heterocycles. The fraction of sp³-hybridized carbons (Fsp3) is 0.231. The standard InChI is InChI=1S/C13H13BrINS/c1-7-4-3-5-9(12(7)15)13(16)10-6-11(14)17-8(10)2/h3-6,13H,16H2,1-2H3. The van der Waals surface area contributed by atoms with Crippen LogP contribution in [-0.4, -0.2) is 0 Å². The highest BCUT2D eigenvalue weighted by molar-refractivity contribution is 14.1. The Kier molecular flexibility index (Phi) is 4.28. The van der Waals surface area contributed by atoms with Gasteiger partial charge in [-0.3, -0.25) is 0 Å². The van der Waals surface area contributed by atoms with E-state index in [1.54, 1.807) is 11.3 Å². The first-order valence-corrected chi connectivity index (χ1v) is 7.96. The van der Waals surface area contributed by atoms with Crippen molar-refractivity contribution in [2.75, 3.05) is 0 Å². The number of halogens is 2. The lowest BCUT2D eigenvalue weighted by atomic mass is 9.99. The van der Waals surface area contributed by atoms with Crippen LogP contribution in [0.25, 0.3) is 0 Å². The molecule has 2 rings (SSSR count). The first kappa shape index (κ1) is 13.5. The zero-order chi connectivity index (χ0) is 12.6. The van der Waals surface area contributed by atoms with Crippen molar-refractivity contribution in [3.8, 4) is 0 Å². The summed E-state index contributed by atoms with van der Waals surface area (Å²) >= 11 is 7.63. The van der Waals surface area contributed by atoms with Crippen LogP contribution in [0, 0.1) is 17.4 Å². The Morgan fingerprint density at radius 3 is 2.59 bits per heavy atom. The lowest BCUT2D eigenvalue weighted by molar-refractivity contribution is 0.860. The smallest absolute Gasteiger partial charge is 0.0704 e. The van der Waals surface area contributed by atoms with Gasteiger partial charge in [-0.2, -0.15) is 0 Å². The molecule has 0 bridgehead atoms. The van der Waals surface area contributed by atoms with Gasteiger partial charge in [0.15, 0.2) is 0 Å². The lowest BCUT2D eigenvalue weighted by Gasteiger charge is -2.15. The van der Waals surface area contributed by atoms with Crippen LogP contribution in [0.4, 0.5) is 0 Å². The summed E-state index contributed by atoms with van der Waals surface area (Å²) in [5, 5.41) is 0. The Labute approximate surface area is 128 Å². The minimum atomic E-state index is -0.0376. The summed E-state index contributed by atoms with van der Waals surface area (Å²) in [7, 11) is 0. The van der Waals surface area contributed by atoms with Gasteiger partial charge in [0.05, 0.1) is 9.83 Å². The monoisotopic (exact) mass is 421 g/mol. The van der Waals surface area contributed by atoms with Gasteiger partial charge in [0, 0.05) is 8.45 Å². The number of hydrogen-bond acceptors (Lipinski definition) is 2. The van der Waals surface area contributed by atoms with Crippen LogP contribution in [0.1, 0.15) is 27.6 Å². The first-order chi connectivity index (χ1) is 8.00. The normalized spacial score (nSPS) is 12.8. The van der Waals surface area contributed by atoms with Crippen LogP contribution >= 0.6 is 49.9 Å². The maximum Gasteiger partial charge on any atom is 0.0704 e. The largest absolute Gasteiger partial charge is 0.320 e. The Hall–Kier alpha value is 0.0900. The molecule has 1 heterocycles. The van der Waals surface area contributed by atoms with Crippen molar-refractivity contribution in [3.05, 3.63) is 53.2 Å². The number of thiophene rings is 1. The highest BCUT2D eigenvalue weighted by atomic mass is 127. The second-order valence-corrected chi connectivity index (χ2v) is 7.73. The van der Waals surface area contributed by atoms with Crippen LogP contribution in [0.5, 0.6) is 0 Å². The average molecular weight is 422 g/mol. The molecule has 2 aromatic rings. The van der Waals surface area contributed by atoms with Crippen LogP contribution in [0.3, 0.4) is 0 Å². The molecule has 1 nitrogen and oxygen atoms in total. The summed E-state index contributed by atoms with van der Waals surface area (Å²) in [6.07, 6.45) is 0. The highest BCUT2D eigenvalue weighted by Gasteiger charge is 2.17. The predicted octanol–water partition coefficient (Wildman–Crippen LogP) is 4.78. The summed E-state index contributed by atoms with van der Waals surface area (Å²) in [6, 6.07) is 8.40. The van der Waals surface area contributed by atoms with Crippen LogP contribution in [0.2, 0.25) is 0 Å². The third-order valence-corrected chi connectivity index (χ3v) is 5.86. The Balaban J connectivity index is 2.47. The van der Waals surface area contributed by atoms with Crippen molar-refractivity contribution in [2.45, 2.75) is 19.9 Å². The minimum absolute atomic E-state index is 0.0376. The molecule has 0 fully saturated rings. The van der Waals surface area contributed by atoms with Crippen molar-refractivity contribution in [1.82, 2.24) is 0 Å². The second kappa shape index (κ2) is 5.38. The molecule has 17 heavy (non-hydrogen) atoms. The van der Waals surface area contributed by atoms with E-state index in [1.165, 1.54) is 25.1 Å². The summed E-state index contributed by atoms with van der Waals surface area (Å²) in [5.41, 5.74) is 10.1. The molecule has 0 aliphatic carbocycles.